The van der Waals surface area contributed by atoms with Crippen molar-refractivity contribution in [3.05, 3.63) is 70.6 Å². The first-order valence-corrected chi connectivity index (χ1v) is 11.9. The van der Waals surface area contributed by atoms with Crippen LogP contribution in [-0.4, -0.2) is 25.6 Å². The third-order valence-corrected chi connectivity index (χ3v) is 7.81. The van der Waals surface area contributed by atoms with Crippen LogP contribution in [0.1, 0.15) is 12.5 Å². The van der Waals surface area contributed by atoms with E-state index in [0.717, 1.165) is 17.5 Å². The number of aromatic nitrogens is 2. The van der Waals surface area contributed by atoms with E-state index in [-0.39, 0.29) is 10.8 Å². The van der Waals surface area contributed by atoms with Crippen LogP contribution >= 0.6 is 22.9 Å². The Bertz CT molecular complexity index is 1260. The van der Waals surface area contributed by atoms with Gasteiger partial charge in [-0.15, -0.1) is 11.3 Å². The van der Waals surface area contributed by atoms with Gasteiger partial charge in [-0.2, -0.15) is 4.98 Å². The average molecular weight is 460 g/mol. The van der Waals surface area contributed by atoms with Gasteiger partial charge < -0.3 is 4.52 Å². The van der Waals surface area contributed by atoms with Crippen LogP contribution in [0.2, 0.25) is 5.02 Å². The van der Waals surface area contributed by atoms with Crippen LogP contribution in [0.3, 0.4) is 0 Å². The maximum atomic E-state index is 13.3. The van der Waals surface area contributed by atoms with Crippen molar-refractivity contribution in [1.82, 2.24) is 10.1 Å². The topological polar surface area (TPSA) is 76.3 Å². The Kier molecular flexibility index (Phi) is 5.64. The van der Waals surface area contributed by atoms with E-state index in [2.05, 4.69) is 17.1 Å². The average Bonchev–Trinajstić information content (AvgIpc) is 3.43. The Hall–Kier alpha value is -2.68. The van der Waals surface area contributed by atoms with Crippen molar-refractivity contribution in [3.63, 3.8) is 0 Å². The zero-order chi connectivity index (χ0) is 21.3. The molecule has 0 amide bonds. The van der Waals surface area contributed by atoms with Crippen LogP contribution in [0.4, 0.5) is 5.69 Å². The summed E-state index contributed by atoms with van der Waals surface area (Å²) in [5.74, 6) is 0.519. The summed E-state index contributed by atoms with van der Waals surface area (Å²) in [4.78, 5) is 4.92. The summed E-state index contributed by atoms with van der Waals surface area (Å²) in [6, 6.07) is 16.0. The van der Waals surface area contributed by atoms with E-state index in [0.29, 0.717) is 21.4 Å². The minimum Gasteiger partial charge on any atom is -0.333 e. The highest BCUT2D eigenvalue weighted by Gasteiger charge is 2.28. The number of nitrogens with zero attached hydrogens (tertiary/aromatic N) is 3. The smallest absolute Gasteiger partial charge is 0.269 e. The molecule has 6 nitrogen and oxygen atoms in total. The molecule has 0 fully saturated rings. The van der Waals surface area contributed by atoms with Gasteiger partial charge in [-0.3, -0.25) is 4.31 Å². The van der Waals surface area contributed by atoms with Gasteiger partial charge in [-0.05, 0) is 59.8 Å². The third-order valence-electron chi connectivity index (χ3n) is 4.70. The molecule has 4 aromatic rings. The summed E-state index contributed by atoms with van der Waals surface area (Å²) in [5, 5.41) is 6.28. The number of sulfonamides is 1. The molecular formula is C21H18ClN3O3S2. The molecule has 0 unspecified atom stereocenters. The fourth-order valence-corrected chi connectivity index (χ4v) is 5.55. The molecule has 154 valence electrons. The summed E-state index contributed by atoms with van der Waals surface area (Å²) in [6.07, 6.45) is 0.887. The lowest BCUT2D eigenvalue weighted by atomic mass is 10.1. The molecule has 0 aliphatic rings. The predicted octanol–water partition coefficient (Wildman–Crippen LogP) is 5.51. The van der Waals surface area contributed by atoms with Crippen LogP contribution in [0.5, 0.6) is 0 Å². The van der Waals surface area contributed by atoms with E-state index in [1.807, 2.05) is 12.1 Å². The van der Waals surface area contributed by atoms with Crippen LogP contribution in [0, 0.1) is 0 Å². The number of aryl methyl sites for hydroxylation is 1. The largest absolute Gasteiger partial charge is 0.333 e. The van der Waals surface area contributed by atoms with Gasteiger partial charge in [-0.25, -0.2) is 8.42 Å². The van der Waals surface area contributed by atoms with Crippen molar-refractivity contribution in [2.24, 2.45) is 0 Å². The fourth-order valence-electron chi connectivity index (χ4n) is 2.92. The third kappa shape index (κ3) is 3.86. The van der Waals surface area contributed by atoms with Gasteiger partial charge in [0, 0.05) is 17.6 Å². The summed E-state index contributed by atoms with van der Waals surface area (Å²) >= 11 is 7.16. The fraction of sp³-hybridized carbons (Fsp3) is 0.143. The van der Waals surface area contributed by atoms with Gasteiger partial charge >= 0.3 is 0 Å². The SMILES string of the molecule is CCc1ccc(N(C)S(=O)(=O)c2ccsc2-c2nc(-c3ccc(Cl)cc3)no2)cc1. The second-order valence-electron chi connectivity index (χ2n) is 6.54. The lowest BCUT2D eigenvalue weighted by Crippen LogP contribution is -2.26. The molecule has 0 atom stereocenters. The van der Waals surface area contributed by atoms with Gasteiger partial charge in [0.2, 0.25) is 5.82 Å². The highest BCUT2D eigenvalue weighted by Crippen LogP contribution is 2.35. The lowest BCUT2D eigenvalue weighted by molar-refractivity contribution is 0.432. The molecule has 0 N–H and O–H groups in total. The van der Waals surface area contributed by atoms with Crippen molar-refractivity contribution >= 4 is 38.6 Å². The Morgan fingerprint density at radius 3 is 2.43 bits per heavy atom. The zero-order valence-electron chi connectivity index (χ0n) is 16.2. The maximum Gasteiger partial charge on any atom is 0.269 e. The van der Waals surface area contributed by atoms with Gasteiger partial charge in [-0.1, -0.05) is 35.8 Å². The number of thiophene rings is 1. The van der Waals surface area contributed by atoms with E-state index in [4.69, 9.17) is 16.1 Å². The molecule has 0 saturated heterocycles. The maximum absolute atomic E-state index is 13.3. The van der Waals surface area contributed by atoms with E-state index >= 15 is 0 Å². The quantitative estimate of drug-likeness (QED) is 0.380. The van der Waals surface area contributed by atoms with Crippen molar-refractivity contribution in [1.29, 1.82) is 0 Å². The summed E-state index contributed by atoms with van der Waals surface area (Å²) in [6.45, 7) is 2.05. The monoisotopic (exact) mass is 459 g/mol. The second-order valence-corrected chi connectivity index (χ2v) is 9.83. The summed E-state index contributed by atoms with van der Waals surface area (Å²) in [5.41, 5.74) is 2.45. The molecule has 0 aliphatic carbocycles. The van der Waals surface area contributed by atoms with E-state index < -0.39 is 10.0 Å². The molecule has 2 aromatic heterocycles. The Morgan fingerprint density at radius 1 is 1.07 bits per heavy atom. The minimum atomic E-state index is -3.81. The summed E-state index contributed by atoms with van der Waals surface area (Å²) < 4.78 is 33.2. The highest BCUT2D eigenvalue weighted by molar-refractivity contribution is 7.93. The van der Waals surface area contributed by atoms with Crippen molar-refractivity contribution in [2.75, 3.05) is 11.4 Å². The van der Waals surface area contributed by atoms with Crippen LogP contribution in [0.15, 0.2) is 69.4 Å². The van der Waals surface area contributed by atoms with Gasteiger partial charge in [0.05, 0.1) is 5.69 Å². The van der Waals surface area contributed by atoms with E-state index in [9.17, 15) is 8.42 Å². The van der Waals surface area contributed by atoms with Gasteiger partial charge in [0.1, 0.15) is 9.77 Å². The summed E-state index contributed by atoms with van der Waals surface area (Å²) in [7, 11) is -2.28. The molecule has 0 bridgehead atoms. The predicted molar refractivity (Wildman–Crippen MR) is 119 cm³/mol. The molecule has 9 heteroatoms. The molecule has 2 heterocycles. The molecule has 0 aliphatic heterocycles. The molecule has 30 heavy (non-hydrogen) atoms. The first-order chi connectivity index (χ1) is 14.4. The van der Waals surface area contributed by atoms with E-state index in [1.54, 1.807) is 47.8 Å². The standard InChI is InChI=1S/C21H18ClN3O3S2/c1-3-14-4-10-17(11-5-14)25(2)30(26,27)18-12-13-29-19(18)21-23-20(24-28-21)15-6-8-16(22)9-7-15/h4-13H,3H2,1-2H3. The van der Waals surface area contributed by atoms with Crippen LogP contribution in [0.25, 0.3) is 22.2 Å². The van der Waals surface area contributed by atoms with Gasteiger partial charge in [0.25, 0.3) is 15.9 Å². The van der Waals surface area contributed by atoms with Gasteiger partial charge in [0.15, 0.2) is 0 Å². The number of anilines is 1. The first-order valence-electron chi connectivity index (χ1n) is 9.15. The van der Waals surface area contributed by atoms with Crippen molar-refractivity contribution in [2.45, 2.75) is 18.2 Å². The Morgan fingerprint density at radius 2 is 1.77 bits per heavy atom. The number of hydrogen-bond acceptors (Lipinski definition) is 6. The molecule has 0 spiro atoms. The second kappa shape index (κ2) is 8.22. The highest BCUT2D eigenvalue weighted by atomic mass is 35.5. The van der Waals surface area contributed by atoms with Crippen LogP contribution in [-0.2, 0) is 16.4 Å². The molecule has 0 saturated carbocycles. The molecular weight excluding hydrogens is 442 g/mol. The first kappa shape index (κ1) is 20.6. The molecule has 2 aromatic carbocycles. The molecule has 4 rings (SSSR count). The van der Waals surface area contributed by atoms with Crippen molar-refractivity contribution in [3.8, 4) is 22.2 Å². The number of halogens is 1. The normalized spacial score (nSPS) is 11.6. The Labute approximate surface area is 183 Å². The number of benzene rings is 2. The Balaban J connectivity index is 1.68. The number of hydrogen-bond donors (Lipinski definition) is 0. The zero-order valence-corrected chi connectivity index (χ0v) is 18.6. The van der Waals surface area contributed by atoms with Crippen LogP contribution < -0.4 is 4.31 Å². The number of rotatable bonds is 6. The minimum absolute atomic E-state index is 0.126. The van der Waals surface area contributed by atoms with E-state index in [1.165, 1.54) is 22.7 Å². The van der Waals surface area contributed by atoms with Crippen molar-refractivity contribution < 1.29 is 12.9 Å². The lowest BCUT2D eigenvalue weighted by Gasteiger charge is -2.19. The molecule has 0 radical (unpaired) electrons.